The monoisotopic (exact) mass is 248 g/mol. The molecule has 18 heavy (non-hydrogen) atoms. The van der Waals surface area contributed by atoms with E-state index in [1.54, 1.807) is 20.4 Å². The van der Waals surface area contributed by atoms with Crippen LogP contribution in [-0.4, -0.2) is 19.4 Å². The standard InChI is InChI=1S/C13H16N2O3/c1-4-9-10(11-7-15-18-13(11)14)5-8(16-2)6-12(9)17-3/h5-7H,4,14H2,1-3H3. The second-order valence-corrected chi connectivity index (χ2v) is 3.81. The molecule has 1 aromatic carbocycles. The molecule has 1 aromatic heterocycles. The van der Waals surface area contributed by atoms with Gasteiger partial charge in [-0.15, -0.1) is 0 Å². The fourth-order valence-electron chi connectivity index (χ4n) is 1.98. The van der Waals surface area contributed by atoms with Crippen molar-refractivity contribution in [2.45, 2.75) is 13.3 Å². The Morgan fingerprint density at radius 2 is 2.00 bits per heavy atom. The highest BCUT2D eigenvalue weighted by molar-refractivity contribution is 5.78. The summed E-state index contributed by atoms with van der Waals surface area (Å²) >= 11 is 0. The number of benzene rings is 1. The summed E-state index contributed by atoms with van der Waals surface area (Å²) in [5.41, 5.74) is 8.50. The van der Waals surface area contributed by atoms with Gasteiger partial charge in [-0.3, -0.25) is 0 Å². The minimum atomic E-state index is 0.292. The summed E-state index contributed by atoms with van der Waals surface area (Å²) in [6, 6.07) is 3.76. The van der Waals surface area contributed by atoms with E-state index in [0.29, 0.717) is 11.6 Å². The summed E-state index contributed by atoms with van der Waals surface area (Å²) in [5.74, 6) is 1.77. The van der Waals surface area contributed by atoms with Gasteiger partial charge in [0.2, 0.25) is 5.88 Å². The lowest BCUT2D eigenvalue weighted by molar-refractivity contribution is 0.392. The van der Waals surface area contributed by atoms with Gasteiger partial charge >= 0.3 is 0 Å². The van der Waals surface area contributed by atoms with Gasteiger partial charge in [-0.1, -0.05) is 12.1 Å². The number of nitrogens with two attached hydrogens (primary N) is 1. The molecule has 0 radical (unpaired) electrons. The van der Waals surface area contributed by atoms with Gasteiger partial charge in [0, 0.05) is 11.6 Å². The van der Waals surface area contributed by atoms with Crippen molar-refractivity contribution in [3.8, 4) is 22.6 Å². The normalized spacial score (nSPS) is 10.4. The van der Waals surface area contributed by atoms with E-state index in [-0.39, 0.29) is 0 Å². The Labute approximate surface area is 105 Å². The second kappa shape index (κ2) is 5.00. The van der Waals surface area contributed by atoms with Crippen molar-refractivity contribution in [1.29, 1.82) is 0 Å². The van der Waals surface area contributed by atoms with E-state index in [0.717, 1.165) is 28.9 Å². The molecule has 5 nitrogen and oxygen atoms in total. The smallest absolute Gasteiger partial charge is 0.229 e. The first-order valence-electron chi connectivity index (χ1n) is 5.66. The fraction of sp³-hybridized carbons (Fsp3) is 0.308. The molecular weight excluding hydrogens is 232 g/mol. The summed E-state index contributed by atoms with van der Waals surface area (Å²) in [5, 5.41) is 3.70. The molecule has 0 aliphatic heterocycles. The third-order valence-corrected chi connectivity index (χ3v) is 2.88. The molecule has 0 aliphatic carbocycles. The van der Waals surface area contributed by atoms with Crippen LogP contribution in [0.3, 0.4) is 0 Å². The third-order valence-electron chi connectivity index (χ3n) is 2.88. The molecule has 0 spiro atoms. The molecule has 0 unspecified atom stereocenters. The summed E-state index contributed by atoms with van der Waals surface area (Å²) in [7, 11) is 3.25. The zero-order valence-electron chi connectivity index (χ0n) is 10.7. The molecule has 96 valence electrons. The van der Waals surface area contributed by atoms with Crippen molar-refractivity contribution in [1.82, 2.24) is 5.16 Å². The minimum absolute atomic E-state index is 0.292. The van der Waals surface area contributed by atoms with Crippen LogP contribution in [0, 0.1) is 0 Å². The maximum absolute atomic E-state index is 5.77. The first-order valence-corrected chi connectivity index (χ1v) is 5.66. The van der Waals surface area contributed by atoms with Crippen LogP contribution >= 0.6 is 0 Å². The van der Waals surface area contributed by atoms with Crippen molar-refractivity contribution in [2.24, 2.45) is 0 Å². The van der Waals surface area contributed by atoms with Gasteiger partial charge in [-0.05, 0) is 18.1 Å². The second-order valence-electron chi connectivity index (χ2n) is 3.81. The Bertz CT molecular complexity index is 549. The summed E-state index contributed by atoms with van der Waals surface area (Å²) in [6.45, 7) is 2.05. The number of methoxy groups -OCH3 is 2. The van der Waals surface area contributed by atoms with Crippen LogP contribution in [0.5, 0.6) is 11.5 Å². The lowest BCUT2D eigenvalue weighted by Crippen LogP contribution is -1.97. The van der Waals surface area contributed by atoms with Gasteiger partial charge in [-0.2, -0.15) is 0 Å². The van der Waals surface area contributed by atoms with Gasteiger partial charge < -0.3 is 19.7 Å². The van der Waals surface area contributed by atoms with Gasteiger partial charge in [-0.25, -0.2) is 0 Å². The van der Waals surface area contributed by atoms with E-state index < -0.39 is 0 Å². The number of hydrogen-bond acceptors (Lipinski definition) is 5. The molecular formula is C13H16N2O3. The highest BCUT2D eigenvalue weighted by atomic mass is 16.5. The Morgan fingerprint density at radius 1 is 1.22 bits per heavy atom. The van der Waals surface area contributed by atoms with Gasteiger partial charge in [0.1, 0.15) is 11.5 Å². The third kappa shape index (κ3) is 1.99. The highest BCUT2D eigenvalue weighted by Crippen LogP contribution is 2.37. The molecule has 0 atom stereocenters. The van der Waals surface area contributed by atoms with Crippen molar-refractivity contribution >= 4 is 5.88 Å². The van der Waals surface area contributed by atoms with E-state index in [1.165, 1.54) is 0 Å². The number of ether oxygens (including phenoxy) is 2. The van der Waals surface area contributed by atoms with Crippen LogP contribution in [0.25, 0.3) is 11.1 Å². The lowest BCUT2D eigenvalue weighted by atomic mass is 9.98. The first kappa shape index (κ1) is 12.3. The van der Waals surface area contributed by atoms with Crippen molar-refractivity contribution in [2.75, 3.05) is 20.0 Å². The maximum atomic E-state index is 5.77. The Hall–Kier alpha value is -2.17. The SMILES string of the molecule is CCc1c(OC)cc(OC)cc1-c1cnoc1N. The van der Waals surface area contributed by atoms with E-state index in [9.17, 15) is 0 Å². The number of nitrogens with zero attached hydrogens (tertiary/aromatic N) is 1. The zero-order chi connectivity index (χ0) is 13.1. The molecule has 2 aromatic rings. The molecule has 0 saturated carbocycles. The quantitative estimate of drug-likeness (QED) is 0.900. The van der Waals surface area contributed by atoms with Gasteiger partial charge in [0.05, 0.1) is 26.0 Å². The Kier molecular flexibility index (Phi) is 3.41. The molecule has 0 bridgehead atoms. The predicted octanol–water partition coefficient (Wildman–Crippen LogP) is 2.50. The lowest BCUT2D eigenvalue weighted by Gasteiger charge is -2.14. The van der Waals surface area contributed by atoms with E-state index in [1.807, 2.05) is 12.1 Å². The first-order chi connectivity index (χ1) is 8.71. The number of anilines is 1. The van der Waals surface area contributed by atoms with Crippen molar-refractivity contribution < 1.29 is 14.0 Å². The zero-order valence-corrected chi connectivity index (χ0v) is 10.7. The molecule has 0 fully saturated rings. The molecule has 1 heterocycles. The predicted molar refractivity (Wildman–Crippen MR) is 68.8 cm³/mol. The summed E-state index contributed by atoms with van der Waals surface area (Å²) in [6.07, 6.45) is 2.41. The highest BCUT2D eigenvalue weighted by Gasteiger charge is 2.16. The van der Waals surface area contributed by atoms with E-state index in [2.05, 4.69) is 12.1 Å². The van der Waals surface area contributed by atoms with Gasteiger partial charge in [0.15, 0.2) is 0 Å². The average molecular weight is 248 g/mol. The van der Waals surface area contributed by atoms with Crippen LogP contribution in [0.1, 0.15) is 12.5 Å². The molecule has 2 rings (SSSR count). The van der Waals surface area contributed by atoms with Crippen molar-refractivity contribution in [3.63, 3.8) is 0 Å². The Balaban J connectivity index is 2.67. The molecule has 2 N–H and O–H groups in total. The number of rotatable bonds is 4. The largest absolute Gasteiger partial charge is 0.497 e. The summed E-state index contributed by atoms with van der Waals surface area (Å²) in [4.78, 5) is 0. The number of nitrogen functional groups attached to an aromatic ring is 1. The number of hydrogen-bond donors (Lipinski definition) is 1. The Morgan fingerprint density at radius 3 is 2.50 bits per heavy atom. The molecule has 0 aliphatic rings. The van der Waals surface area contributed by atoms with Crippen LogP contribution in [0.4, 0.5) is 5.88 Å². The minimum Gasteiger partial charge on any atom is -0.497 e. The van der Waals surface area contributed by atoms with Crippen molar-refractivity contribution in [3.05, 3.63) is 23.9 Å². The van der Waals surface area contributed by atoms with Crippen LogP contribution in [0.15, 0.2) is 22.9 Å². The van der Waals surface area contributed by atoms with E-state index >= 15 is 0 Å². The van der Waals surface area contributed by atoms with Crippen LogP contribution < -0.4 is 15.2 Å². The van der Waals surface area contributed by atoms with Gasteiger partial charge in [0.25, 0.3) is 0 Å². The average Bonchev–Trinajstić information content (AvgIpc) is 2.83. The van der Waals surface area contributed by atoms with E-state index in [4.69, 9.17) is 19.7 Å². The molecule has 0 saturated heterocycles. The summed E-state index contributed by atoms with van der Waals surface area (Å²) < 4.78 is 15.6. The maximum Gasteiger partial charge on any atom is 0.229 e. The van der Waals surface area contributed by atoms with Crippen LogP contribution in [-0.2, 0) is 6.42 Å². The number of aromatic nitrogens is 1. The molecule has 5 heteroatoms. The topological polar surface area (TPSA) is 70.5 Å². The van der Waals surface area contributed by atoms with Crippen LogP contribution in [0.2, 0.25) is 0 Å². The fourth-order valence-corrected chi connectivity index (χ4v) is 1.98. The molecule has 0 amide bonds.